The molecule has 0 bridgehead atoms. The molecule has 6 heteroatoms. The van der Waals surface area contributed by atoms with E-state index in [4.69, 9.17) is 0 Å². The summed E-state index contributed by atoms with van der Waals surface area (Å²) in [5.74, 6) is -0.221. The summed E-state index contributed by atoms with van der Waals surface area (Å²) in [4.78, 5) is 12.4. The molecule has 1 amide bonds. The van der Waals surface area contributed by atoms with Crippen LogP contribution in [-0.2, 0) is 10.0 Å². The van der Waals surface area contributed by atoms with Crippen LogP contribution in [0, 0.1) is 6.92 Å². The highest BCUT2D eigenvalue weighted by Crippen LogP contribution is 2.17. The molecule has 22 heavy (non-hydrogen) atoms. The van der Waals surface area contributed by atoms with Crippen molar-refractivity contribution in [2.75, 3.05) is 19.4 Å². The van der Waals surface area contributed by atoms with E-state index in [-0.39, 0.29) is 10.8 Å². The molecule has 116 valence electrons. The van der Waals surface area contributed by atoms with Gasteiger partial charge in [0.25, 0.3) is 5.91 Å². The Bertz CT molecular complexity index is 781. The maximum atomic E-state index is 12.2. The summed E-state index contributed by atoms with van der Waals surface area (Å²) < 4.78 is 25.1. The van der Waals surface area contributed by atoms with E-state index in [0.29, 0.717) is 11.3 Å². The molecule has 0 saturated heterocycles. The maximum Gasteiger partial charge on any atom is 0.255 e. The highest BCUT2D eigenvalue weighted by molar-refractivity contribution is 7.89. The highest BCUT2D eigenvalue weighted by Gasteiger charge is 2.17. The molecule has 2 rings (SSSR count). The first kappa shape index (κ1) is 16.2. The summed E-state index contributed by atoms with van der Waals surface area (Å²) in [5.41, 5.74) is 2.02. The summed E-state index contributed by atoms with van der Waals surface area (Å²) in [7, 11) is -0.510. The second-order valence-electron chi connectivity index (χ2n) is 5.08. The first-order chi connectivity index (χ1) is 10.3. The minimum absolute atomic E-state index is 0.186. The third-order valence-electron chi connectivity index (χ3n) is 3.28. The van der Waals surface area contributed by atoms with E-state index < -0.39 is 10.0 Å². The number of anilines is 1. The van der Waals surface area contributed by atoms with Crippen LogP contribution in [0.25, 0.3) is 0 Å². The number of carbonyl (C=O) groups excluding carboxylic acids is 1. The summed E-state index contributed by atoms with van der Waals surface area (Å²) in [6.45, 7) is 1.86. The molecular weight excluding hydrogens is 300 g/mol. The Morgan fingerprint density at radius 2 is 1.59 bits per heavy atom. The molecule has 0 aliphatic carbocycles. The average Bonchev–Trinajstić information content (AvgIpc) is 2.48. The lowest BCUT2D eigenvalue weighted by atomic mass is 10.1. The molecule has 0 fully saturated rings. The molecule has 5 nitrogen and oxygen atoms in total. The number of benzene rings is 2. The molecule has 0 atom stereocenters. The van der Waals surface area contributed by atoms with Crippen LogP contribution in [-0.4, -0.2) is 32.7 Å². The third-order valence-corrected chi connectivity index (χ3v) is 5.11. The number of nitrogens with one attached hydrogen (secondary N) is 1. The van der Waals surface area contributed by atoms with E-state index in [0.717, 1.165) is 9.87 Å². The predicted octanol–water partition coefficient (Wildman–Crippen LogP) is 2.50. The molecule has 0 aliphatic heterocycles. The third kappa shape index (κ3) is 3.35. The number of sulfonamides is 1. The lowest BCUT2D eigenvalue weighted by molar-refractivity contribution is 0.102. The van der Waals surface area contributed by atoms with Gasteiger partial charge < -0.3 is 5.32 Å². The van der Waals surface area contributed by atoms with E-state index in [1.165, 1.54) is 26.2 Å². The van der Waals surface area contributed by atoms with Gasteiger partial charge in [-0.2, -0.15) is 0 Å². The Morgan fingerprint density at radius 1 is 1.00 bits per heavy atom. The molecule has 2 aromatic carbocycles. The van der Waals surface area contributed by atoms with Gasteiger partial charge in [-0.15, -0.1) is 0 Å². The van der Waals surface area contributed by atoms with Crippen molar-refractivity contribution in [3.8, 4) is 0 Å². The van der Waals surface area contributed by atoms with Crippen LogP contribution in [0.4, 0.5) is 5.69 Å². The number of nitrogens with zero attached hydrogens (tertiary/aromatic N) is 1. The topological polar surface area (TPSA) is 66.5 Å². The molecule has 0 aliphatic rings. The molecule has 0 heterocycles. The molecule has 0 saturated carbocycles. The second kappa shape index (κ2) is 6.29. The van der Waals surface area contributed by atoms with Crippen molar-refractivity contribution in [3.63, 3.8) is 0 Å². The zero-order chi connectivity index (χ0) is 16.3. The van der Waals surface area contributed by atoms with E-state index in [1.54, 1.807) is 24.3 Å². The molecule has 0 aromatic heterocycles. The monoisotopic (exact) mass is 318 g/mol. The summed E-state index contributed by atoms with van der Waals surface area (Å²) in [6, 6.07) is 13.4. The number of hydrogen-bond acceptors (Lipinski definition) is 3. The van der Waals surface area contributed by atoms with Gasteiger partial charge in [-0.3, -0.25) is 4.79 Å². The second-order valence-corrected chi connectivity index (χ2v) is 7.23. The first-order valence-electron chi connectivity index (χ1n) is 6.72. The first-order valence-corrected chi connectivity index (χ1v) is 8.16. The van der Waals surface area contributed by atoms with E-state index in [2.05, 4.69) is 5.32 Å². The van der Waals surface area contributed by atoms with Gasteiger partial charge in [-0.05, 0) is 42.8 Å². The fraction of sp³-hybridized carbons (Fsp3) is 0.188. The van der Waals surface area contributed by atoms with Crippen LogP contribution in [0.2, 0.25) is 0 Å². The van der Waals surface area contributed by atoms with Gasteiger partial charge >= 0.3 is 0 Å². The van der Waals surface area contributed by atoms with Crippen molar-refractivity contribution >= 4 is 21.6 Å². The Labute approximate surface area is 130 Å². The van der Waals surface area contributed by atoms with Crippen LogP contribution in [0.3, 0.4) is 0 Å². The van der Waals surface area contributed by atoms with Crippen LogP contribution in [0.5, 0.6) is 0 Å². The molecule has 2 aromatic rings. The van der Waals surface area contributed by atoms with Crippen molar-refractivity contribution in [2.45, 2.75) is 11.8 Å². The van der Waals surface area contributed by atoms with Crippen LogP contribution in [0.1, 0.15) is 15.9 Å². The number of rotatable bonds is 4. The average molecular weight is 318 g/mol. The number of aryl methyl sites for hydroxylation is 1. The lowest BCUT2D eigenvalue weighted by Crippen LogP contribution is -2.22. The molecule has 0 unspecified atom stereocenters. The van der Waals surface area contributed by atoms with Gasteiger partial charge in [0.15, 0.2) is 0 Å². The van der Waals surface area contributed by atoms with Crippen LogP contribution < -0.4 is 5.32 Å². The minimum atomic E-state index is -3.46. The van der Waals surface area contributed by atoms with Crippen molar-refractivity contribution in [1.29, 1.82) is 0 Å². The van der Waals surface area contributed by atoms with Gasteiger partial charge in [0, 0.05) is 25.3 Å². The Kier molecular flexibility index (Phi) is 4.63. The normalized spacial score (nSPS) is 11.5. The highest BCUT2D eigenvalue weighted by atomic mass is 32.2. The molecule has 1 N–H and O–H groups in total. The van der Waals surface area contributed by atoms with Gasteiger partial charge in [-0.1, -0.05) is 18.2 Å². The fourth-order valence-corrected chi connectivity index (χ4v) is 2.85. The van der Waals surface area contributed by atoms with Gasteiger partial charge in [0.05, 0.1) is 4.90 Å². The summed E-state index contributed by atoms with van der Waals surface area (Å²) in [6.07, 6.45) is 0. The largest absolute Gasteiger partial charge is 0.322 e. The van der Waals surface area contributed by atoms with Crippen LogP contribution in [0.15, 0.2) is 53.4 Å². The van der Waals surface area contributed by atoms with Gasteiger partial charge in [0.2, 0.25) is 10.0 Å². The van der Waals surface area contributed by atoms with Crippen molar-refractivity contribution in [3.05, 3.63) is 59.7 Å². The Hall–Kier alpha value is -2.18. The zero-order valence-corrected chi connectivity index (χ0v) is 13.5. The van der Waals surface area contributed by atoms with Crippen molar-refractivity contribution < 1.29 is 13.2 Å². The number of amides is 1. The predicted molar refractivity (Wildman–Crippen MR) is 86.4 cm³/mol. The summed E-state index contributed by atoms with van der Waals surface area (Å²) >= 11 is 0. The van der Waals surface area contributed by atoms with Gasteiger partial charge in [-0.25, -0.2) is 12.7 Å². The van der Waals surface area contributed by atoms with E-state index >= 15 is 0 Å². The molecule has 0 radical (unpaired) electrons. The van der Waals surface area contributed by atoms with Crippen molar-refractivity contribution in [2.24, 2.45) is 0 Å². The van der Waals surface area contributed by atoms with E-state index in [9.17, 15) is 13.2 Å². The quantitative estimate of drug-likeness (QED) is 0.942. The van der Waals surface area contributed by atoms with Crippen LogP contribution >= 0.6 is 0 Å². The molecular formula is C16H18N2O3S. The standard InChI is InChI=1S/C16H18N2O3S/c1-12-6-4-5-7-15(12)16(19)17-13-8-10-14(11-9-13)22(20,21)18(2)3/h4-11H,1-3H3,(H,17,19). The van der Waals surface area contributed by atoms with Crippen molar-refractivity contribution in [1.82, 2.24) is 4.31 Å². The fourth-order valence-electron chi connectivity index (χ4n) is 1.95. The van der Waals surface area contributed by atoms with E-state index in [1.807, 2.05) is 19.1 Å². The number of hydrogen-bond donors (Lipinski definition) is 1. The zero-order valence-electron chi connectivity index (χ0n) is 12.7. The lowest BCUT2D eigenvalue weighted by Gasteiger charge is -2.12. The number of carbonyl (C=O) groups is 1. The Balaban J connectivity index is 2.19. The van der Waals surface area contributed by atoms with Gasteiger partial charge in [0.1, 0.15) is 0 Å². The SMILES string of the molecule is Cc1ccccc1C(=O)Nc1ccc(S(=O)(=O)N(C)C)cc1. The molecule has 0 spiro atoms. The summed E-state index contributed by atoms with van der Waals surface area (Å²) in [5, 5.41) is 2.76. The smallest absolute Gasteiger partial charge is 0.255 e. The Morgan fingerprint density at radius 3 is 2.14 bits per heavy atom. The minimum Gasteiger partial charge on any atom is -0.322 e. The maximum absolute atomic E-state index is 12.2.